The van der Waals surface area contributed by atoms with Crippen LogP contribution in [0.25, 0.3) is 0 Å². The van der Waals surface area contributed by atoms with Gasteiger partial charge in [-0.05, 0) is 36.4 Å². The van der Waals surface area contributed by atoms with Gasteiger partial charge in [-0.1, -0.05) is 23.2 Å². The summed E-state index contributed by atoms with van der Waals surface area (Å²) in [6.45, 7) is 3.81. The van der Waals surface area contributed by atoms with Crippen LogP contribution in [0.2, 0.25) is 10.0 Å². The van der Waals surface area contributed by atoms with Gasteiger partial charge in [0.2, 0.25) is 12.7 Å². The fourth-order valence-corrected chi connectivity index (χ4v) is 4.43. The zero-order valence-corrected chi connectivity index (χ0v) is 18.2. The van der Waals surface area contributed by atoms with Crippen LogP contribution in [0.3, 0.4) is 0 Å². The normalized spacial score (nSPS) is 18.2. The van der Waals surface area contributed by atoms with Crippen LogP contribution in [0, 0.1) is 5.92 Å². The van der Waals surface area contributed by atoms with Crippen molar-refractivity contribution < 1.29 is 19.1 Å². The van der Waals surface area contributed by atoms with Crippen LogP contribution < -0.4 is 14.4 Å². The lowest BCUT2D eigenvalue weighted by molar-refractivity contribution is -0.140. The van der Waals surface area contributed by atoms with E-state index in [1.165, 1.54) is 0 Å². The summed E-state index contributed by atoms with van der Waals surface area (Å²) >= 11 is 12.1. The highest BCUT2D eigenvalue weighted by atomic mass is 35.5. The maximum atomic E-state index is 12.9. The SMILES string of the molecule is O=C(c1ccc2c(c1)OCO2)N1CC(C(=O)N2CCN(c3ccc(Cl)c(Cl)c3)CC2)C1. The number of amides is 2. The number of halogens is 2. The Morgan fingerprint density at radius 3 is 2.32 bits per heavy atom. The Bertz CT molecular complexity index is 1030. The number of anilines is 1. The third kappa shape index (κ3) is 3.88. The molecule has 3 heterocycles. The van der Waals surface area contributed by atoms with Crippen molar-refractivity contribution in [3.8, 4) is 11.5 Å². The first-order valence-corrected chi connectivity index (χ1v) is 10.9. The van der Waals surface area contributed by atoms with Crippen molar-refractivity contribution in [3.63, 3.8) is 0 Å². The number of carbonyl (C=O) groups is 2. The standard InChI is InChI=1S/C22H21Cl2N3O4/c23-17-3-2-16(10-18(17)24)25-5-7-26(8-6-25)22(29)15-11-27(12-15)21(28)14-1-4-19-20(9-14)31-13-30-19/h1-4,9-10,15H,5-8,11-13H2. The summed E-state index contributed by atoms with van der Waals surface area (Å²) in [5, 5.41) is 1.06. The van der Waals surface area contributed by atoms with Crippen LogP contribution in [-0.2, 0) is 4.79 Å². The number of nitrogens with zero attached hydrogens (tertiary/aromatic N) is 3. The van der Waals surface area contributed by atoms with Crippen molar-refractivity contribution in [1.29, 1.82) is 0 Å². The number of benzene rings is 2. The predicted molar refractivity (Wildman–Crippen MR) is 117 cm³/mol. The number of ether oxygens (including phenoxy) is 2. The second-order valence-corrected chi connectivity index (χ2v) is 8.70. The molecule has 0 atom stereocenters. The molecule has 0 aromatic heterocycles. The average molecular weight is 462 g/mol. The summed E-state index contributed by atoms with van der Waals surface area (Å²) in [5.41, 5.74) is 1.55. The van der Waals surface area contributed by atoms with Crippen molar-refractivity contribution in [1.82, 2.24) is 9.80 Å². The highest BCUT2D eigenvalue weighted by Crippen LogP contribution is 2.33. The first kappa shape index (κ1) is 20.3. The molecule has 0 spiro atoms. The molecule has 3 aliphatic rings. The molecule has 0 N–H and O–H groups in total. The summed E-state index contributed by atoms with van der Waals surface area (Å²) in [5.74, 6) is 1.11. The van der Waals surface area contributed by atoms with E-state index in [2.05, 4.69) is 4.90 Å². The third-order valence-electron chi connectivity index (χ3n) is 6.00. The molecular weight excluding hydrogens is 441 g/mol. The molecular formula is C22H21Cl2N3O4. The van der Waals surface area contributed by atoms with E-state index in [9.17, 15) is 9.59 Å². The molecule has 0 radical (unpaired) electrons. The van der Waals surface area contributed by atoms with Gasteiger partial charge >= 0.3 is 0 Å². The molecule has 5 rings (SSSR count). The van der Waals surface area contributed by atoms with E-state index < -0.39 is 0 Å². The predicted octanol–water partition coefficient (Wildman–Crippen LogP) is 3.14. The summed E-state index contributed by atoms with van der Waals surface area (Å²) in [6, 6.07) is 10.8. The Labute approximate surface area is 190 Å². The third-order valence-corrected chi connectivity index (χ3v) is 6.74. The van der Waals surface area contributed by atoms with E-state index in [4.69, 9.17) is 32.7 Å². The Hall–Kier alpha value is -2.64. The van der Waals surface area contributed by atoms with E-state index in [1.54, 1.807) is 29.2 Å². The number of hydrogen-bond donors (Lipinski definition) is 0. The zero-order chi connectivity index (χ0) is 21.5. The van der Waals surface area contributed by atoms with Crippen LogP contribution >= 0.6 is 23.2 Å². The summed E-state index contributed by atoms with van der Waals surface area (Å²) in [7, 11) is 0. The van der Waals surface area contributed by atoms with Crippen LogP contribution in [0.1, 0.15) is 10.4 Å². The van der Waals surface area contributed by atoms with Gasteiger partial charge in [-0.15, -0.1) is 0 Å². The largest absolute Gasteiger partial charge is 0.454 e. The Morgan fingerprint density at radius 1 is 0.839 bits per heavy atom. The summed E-state index contributed by atoms with van der Waals surface area (Å²) in [6.07, 6.45) is 0. The molecule has 2 amide bonds. The molecule has 9 heteroatoms. The molecule has 162 valence electrons. The molecule has 0 aliphatic carbocycles. The monoisotopic (exact) mass is 461 g/mol. The lowest BCUT2D eigenvalue weighted by atomic mass is 9.96. The van der Waals surface area contributed by atoms with Crippen LogP contribution in [0.5, 0.6) is 11.5 Å². The Morgan fingerprint density at radius 2 is 1.58 bits per heavy atom. The molecule has 0 saturated carbocycles. The molecule has 2 fully saturated rings. The molecule has 2 aromatic carbocycles. The van der Waals surface area contributed by atoms with Gasteiger partial charge in [0.15, 0.2) is 11.5 Å². The van der Waals surface area contributed by atoms with Crippen LogP contribution in [0.15, 0.2) is 36.4 Å². The summed E-state index contributed by atoms with van der Waals surface area (Å²) in [4.78, 5) is 31.4. The molecule has 3 aliphatic heterocycles. The maximum Gasteiger partial charge on any atom is 0.254 e. The number of carbonyl (C=O) groups excluding carboxylic acids is 2. The van der Waals surface area contributed by atoms with Gasteiger partial charge in [-0.3, -0.25) is 9.59 Å². The minimum atomic E-state index is -0.144. The van der Waals surface area contributed by atoms with Gasteiger partial charge in [0.05, 0.1) is 16.0 Å². The number of hydrogen-bond acceptors (Lipinski definition) is 5. The lowest BCUT2D eigenvalue weighted by Gasteiger charge is -2.43. The van der Waals surface area contributed by atoms with Gasteiger partial charge in [-0.25, -0.2) is 0 Å². The highest BCUT2D eigenvalue weighted by molar-refractivity contribution is 6.42. The fraction of sp³-hybridized carbons (Fsp3) is 0.364. The highest BCUT2D eigenvalue weighted by Gasteiger charge is 2.39. The van der Waals surface area contributed by atoms with Crippen molar-refractivity contribution in [2.75, 3.05) is 51.0 Å². The number of piperazine rings is 1. The van der Waals surface area contributed by atoms with E-state index in [-0.39, 0.29) is 24.5 Å². The van der Waals surface area contributed by atoms with E-state index in [0.29, 0.717) is 53.3 Å². The molecule has 31 heavy (non-hydrogen) atoms. The smallest absolute Gasteiger partial charge is 0.254 e. The van der Waals surface area contributed by atoms with E-state index in [0.717, 1.165) is 18.8 Å². The van der Waals surface area contributed by atoms with Gasteiger partial charge in [-0.2, -0.15) is 0 Å². The van der Waals surface area contributed by atoms with Crippen molar-refractivity contribution in [3.05, 3.63) is 52.0 Å². The molecule has 0 bridgehead atoms. The average Bonchev–Trinajstić information content (AvgIpc) is 3.22. The van der Waals surface area contributed by atoms with Crippen LogP contribution in [0.4, 0.5) is 5.69 Å². The second kappa shape index (κ2) is 8.13. The van der Waals surface area contributed by atoms with Gasteiger partial charge in [0.25, 0.3) is 5.91 Å². The van der Waals surface area contributed by atoms with E-state index in [1.807, 2.05) is 17.0 Å². The molecule has 7 nitrogen and oxygen atoms in total. The maximum absolute atomic E-state index is 12.9. The Balaban J connectivity index is 1.13. The minimum Gasteiger partial charge on any atom is -0.454 e. The lowest BCUT2D eigenvalue weighted by Crippen LogP contribution is -2.59. The van der Waals surface area contributed by atoms with Crippen molar-refractivity contribution in [2.45, 2.75) is 0 Å². The molecule has 2 aromatic rings. The van der Waals surface area contributed by atoms with Gasteiger partial charge < -0.3 is 24.2 Å². The number of fused-ring (bicyclic) bond motifs is 1. The Kier molecular flexibility index (Phi) is 5.32. The molecule has 2 saturated heterocycles. The number of rotatable bonds is 3. The fourth-order valence-electron chi connectivity index (χ4n) is 4.14. The zero-order valence-electron chi connectivity index (χ0n) is 16.7. The topological polar surface area (TPSA) is 62.3 Å². The quantitative estimate of drug-likeness (QED) is 0.702. The van der Waals surface area contributed by atoms with Gasteiger partial charge in [0.1, 0.15) is 0 Å². The summed E-state index contributed by atoms with van der Waals surface area (Å²) < 4.78 is 10.6. The van der Waals surface area contributed by atoms with Crippen molar-refractivity contribution >= 4 is 40.7 Å². The van der Waals surface area contributed by atoms with Crippen LogP contribution in [-0.4, -0.2) is 67.7 Å². The molecule has 0 unspecified atom stereocenters. The number of likely N-dealkylation sites (tertiary alicyclic amines) is 1. The van der Waals surface area contributed by atoms with E-state index >= 15 is 0 Å². The first-order valence-electron chi connectivity index (χ1n) is 10.2. The minimum absolute atomic E-state index is 0.0909. The van der Waals surface area contributed by atoms with Crippen molar-refractivity contribution in [2.24, 2.45) is 5.92 Å². The second-order valence-electron chi connectivity index (χ2n) is 7.89. The van der Waals surface area contributed by atoms with Gasteiger partial charge in [0, 0.05) is 50.5 Å². The first-order chi connectivity index (χ1) is 15.0.